The summed E-state index contributed by atoms with van der Waals surface area (Å²) in [5.41, 5.74) is 2.05. The summed E-state index contributed by atoms with van der Waals surface area (Å²) < 4.78 is 0. The lowest BCUT2D eigenvalue weighted by Crippen LogP contribution is -2.30. The van der Waals surface area contributed by atoms with Crippen LogP contribution in [0.25, 0.3) is 6.08 Å². The number of carbonyl (C=O) groups excluding carboxylic acids is 2. The Labute approximate surface area is 174 Å². The molecule has 0 aliphatic carbocycles. The molecule has 0 bridgehead atoms. The number of ketones is 1. The fraction of sp³-hybridized carbons (Fsp3) is 0.0833. The van der Waals surface area contributed by atoms with E-state index in [-0.39, 0.29) is 24.7 Å². The van der Waals surface area contributed by atoms with Crippen molar-refractivity contribution in [2.45, 2.75) is 6.42 Å². The Kier molecular flexibility index (Phi) is 7.34. The third-order valence-corrected chi connectivity index (χ3v) is 4.38. The van der Waals surface area contributed by atoms with Gasteiger partial charge in [-0.05, 0) is 35.9 Å². The first kappa shape index (κ1) is 20.5. The minimum atomic E-state index is -0.358. The van der Waals surface area contributed by atoms with Crippen LogP contribution in [0.1, 0.15) is 22.3 Å². The van der Waals surface area contributed by atoms with Crippen LogP contribution in [-0.2, 0) is 9.63 Å². The molecule has 3 aromatic rings. The predicted octanol–water partition coefficient (Wildman–Crippen LogP) is 5.59. The largest absolute Gasteiger partial charge is 0.294 e. The molecule has 0 aliphatic rings. The second-order valence-corrected chi connectivity index (χ2v) is 6.66. The van der Waals surface area contributed by atoms with Crippen molar-refractivity contribution in [3.63, 3.8) is 0 Å². The fourth-order valence-corrected chi connectivity index (χ4v) is 2.77. The number of amides is 1. The van der Waals surface area contributed by atoms with Gasteiger partial charge in [0.2, 0.25) is 0 Å². The molecule has 0 atom stereocenters. The highest BCUT2D eigenvalue weighted by atomic mass is 35.5. The Morgan fingerprint density at radius 2 is 1.48 bits per heavy atom. The van der Waals surface area contributed by atoms with Crippen molar-refractivity contribution in [3.05, 3.63) is 107 Å². The molecule has 3 rings (SSSR count). The molecule has 0 aliphatic heterocycles. The number of nitrogens with zero attached hydrogens (tertiary/aromatic N) is 1. The van der Waals surface area contributed by atoms with E-state index in [1.54, 1.807) is 42.5 Å². The molecule has 146 valence electrons. The van der Waals surface area contributed by atoms with Gasteiger partial charge < -0.3 is 0 Å². The topological polar surface area (TPSA) is 46.6 Å². The molecule has 0 fully saturated rings. The van der Waals surface area contributed by atoms with Crippen molar-refractivity contribution in [3.8, 4) is 0 Å². The van der Waals surface area contributed by atoms with Crippen molar-refractivity contribution in [2.24, 2.45) is 0 Å². The summed E-state index contributed by atoms with van der Waals surface area (Å²) in [5, 5.41) is 1.73. The molecular formula is C24H20ClNO3. The van der Waals surface area contributed by atoms with Crippen LogP contribution in [0.3, 0.4) is 0 Å². The third kappa shape index (κ3) is 6.14. The molecule has 0 saturated carbocycles. The number of benzene rings is 3. The molecule has 1 amide bonds. The number of Topliss-reactive ketones (excluding diaryl/α,β-unsaturated/α-hetero) is 1. The van der Waals surface area contributed by atoms with Crippen molar-refractivity contribution < 1.29 is 14.4 Å². The zero-order valence-electron chi connectivity index (χ0n) is 15.7. The summed E-state index contributed by atoms with van der Waals surface area (Å²) >= 11 is 5.95. The van der Waals surface area contributed by atoms with Crippen LogP contribution in [-0.4, -0.2) is 18.3 Å². The van der Waals surface area contributed by atoms with Gasteiger partial charge in [0, 0.05) is 23.1 Å². The maximum Gasteiger partial charge on any atom is 0.274 e. The van der Waals surface area contributed by atoms with Crippen LogP contribution in [0, 0.1) is 0 Å². The lowest BCUT2D eigenvalue weighted by atomic mass is 10.1. The summed E-state index contributed by atoms with van der Waals surface area (Å²) in [6.45, 7) is 0.0707. The van der Waals surface area contributed by atoms with Gasteiger partial charge in [0.1, 0.15) is 0 Å². The van der Waals surface area contributed by atoms with E-state index in [4.69, 9.17) is 16.4 Å². The monoisotopic (exact) mass is 405 g/mol. The highest BCUT2D eigenvalue weighted by Crippen LogP contribution is 2.19. The number of anilines is 1. The number of carbonyl (C=O) groups is 2. The summed E-state index contributed by atoms with van der Waals surface area (Å²) in [4.78, 5) is 30.7. The predicted molar refractivity (Wildman–Crippen MR) is 116 cm³/mol. The highest BCUT2D eigenvalue weighted by molar-refractivity contribution is 6.30. The van der Waals surface area contributed by atoms with Crippen molar-refractivity contribution in [2.75, 3.05) is 11.7 Å². The van der Waals surface area contributed by atoms with E-state index in [1.807, 2.05) is 48.5 Å². The van der Waals surface area contributed by atoms with Crippen LogP contribution in [0.5, 0.6) is 0 Å². The van der Waals surface area contributed by atoms with E-state index in [0.717, 1.165) is 5.56 Å². The molecule has 0 saturated heterocycles. The summed E-state index contributed by atoms with van der Waals surface area (Å²) in [6, 6.07) is 25.2. The Morgan fingerprint density at radius 3 is 2.14 bits per heavy atom. The molecule has 3 aromatic carbocycles. The first-order chi connectivity index (χ1) is 14.1. The van der Waals surface area contributed by atoms with Gasteiger partial charge in [0.15, 0.2) is 5.78 Å². The fourth-order valence-electron chi connectivity index (χ4n) is 2.64. The lowest BCUT2D eigenvalue weighted by molar-refractivity contribution is -0.121. The zero-order valence-corrected chi connectivity index (χ0v) is 16.5. The van der Waals surface area contributed by atoms with Gasteiger partial charge in [-0.25, -0.2) is 0 Å². The van der Waals surface area contributed by atoms with Gasteiger partial charge in [-0.1, -0.05) is 72.3 Å². The molecule has 0 N–H and O–H groups in total. The van der Waals surface area contributed by atoms with E-state index in [2.05, 4.69) is 0 Å². The Hall–Kier alpha value is -3.21. The Balaban J connectivity index is 1.69. The minimum absolute atomic E-state index is 0.0473. The molecule has 4 nitrogen and oxygen atoms in total. The molecular weight excluding hydrogens is 386 g/mol. The van der Waals surface area contributed by atoms with E-state index in [9.17, 15) is 9.59 Å². The van der Waals surface area contributed by atoms with Crippen LogP contribution in [0.2, 0.25) is 5.02 Å². The van der Waals surface area contributed by atoms with Gasteiger partial charge in [-0.3, -0.25) is 14.4 Å². The lowest BCUT2D eigenvalue weighted by Gasteiger charge is -2.20. The van der Waals surface area contributed by atoms with E-state index in [1.165, 1.54) is 11.1 Å². The standard InChI is InChI=1S/C24H20ClNO3/c25-21-12-14-22(15-13-21)26(24(28)16-11-19-7-3-1-4-8-19)29-18-17-23(27)20-9-5-2-6-10-20/h1-16H,17-18H2/b16-11+. The summed E-state index contributed by atoms with van der Waals surface area (Å²) in [7, 11) is 0. The minimum Gasteiger partial charge on any atom is -0.294 e. The Morgan fingerprint density at radius 1 is 0.862 bits per heavy atom. The summed E-state index contributed by atoms with van der Waals surface area (Å²) in [6.07, 6.45) is 3.30. The normalized spacial score (nSPS) is 10.8. The first-order valence-electron chi connectivity index (χ1n) is 9.17. The number of rotatable bonds is 8. The van der Waals surface area contributed by atoms with E-state index >= 15 is 0 Å². The zero-order chi connectivity index (χ0) is 20.5. The second kappa shape index (κ2) is 10.4. The van der Waals surface area contributed by atoms with Crippen LogP contribution in [0.15, 0.2) is 91.0 Å². The van der Waals surface area contributed by atoms with Crippen molar-refractivity contribution in [1.82, 2.24) is 0 Å². The maximum absolute atomic E-state index is 12.7. The molecule has 0 unspecified atom stereocenters. The molecule has 5 heteroatoms. The maximum atomic E-state index is 12.7. The Bertz CT molecular complexity index is 970. The van der Waals surface area contributed by atoms with E-state index in [0.29, 0.717) is 16.3 Å². The van der Waals surface area contributed by atoms with Gasteiger partial charge in [0.05, 0.1) is 12.3 Å². The molecule has 0 aromatic heterocycles. The third-order valence-electron chi connectivity index (χ3n) is 4.12. The number of hydrogen-bond acceptors (Lipinski definition) is 3. The molecule has 29 heavy (non-hydrogen) atoms. The van der Waals surface area contributed by atoms with Crippen LogP contribution >= 0.6 is 11.6 Å². The van der Waals surface area contributed by atoms with Crippen LogP contribution < -0.4 is 5.06 Å². The SMILES string of the molecule is O=C(CCON(C(=O)/C=C/c1ccccc1)c1ccc(Cl)cc1)c1ccccc1. The molecule has 0 heterocycles. The van der Waals surface area contributed by atoms with Gasteiger partial charge >= 0.3 is 0 Å². The number of hydrogen-bond donors (Lipinski definition) is 0. The highest BCUT2D eigenvalue weighted by Gasteiger charge is 2.16. The average Bonchev–Trinajstić information content (AvgIpc) is 2.77. The van der Waals surface area contributed by atoms with Crippen molar-refractivity contribution >= 4 is 35.1 Å². The average molecular weight is 406 g/mol. The quantitative estimate of drug-likeness (QED) is 0.279. The van der Waals surface area contributed by atoms with Gasteiger partial charge in [-0.2, -0.15) is 5.06 Å². The van der Waals surface area contributed by atoms with Crippen molar-refractivity contribution in [1.29, 1.82) is 0 Å². The van der Waals surface area contributed by atoms with E-state index < -0.39 is 0 Å². The smallest absolute Gasteiger partial charge is 0.274 e. The molecule has 0 spiro atoms. The second-order valence-electron chi connectivity index (χ2n) is 6.23. The first-order valence-corrected chi connectivity index (χ1v) is 9.55. The van der Waals surface area contributed by atoms with Gasteiger partial charge in [-0.15, -0.1) is 0 Å². The van der Waals surface area contributed by atoms with Gasteiger partial charge in [0.25, 0.3) is 5.91 Å². The number of halogens is 1. The summed E-state index contributed by atoms with van der Waals surface area (Å²) in [5.74, 6) is -0.405. The van der Waals surface area contributed by atoms with Crippen LogP contribution in [0.4, 0.5) is 5.69 Å². The number of hydroxylamine groups is 1. The molecule has 0 radical (unpaired) electrons.